The van der Waals surface area contributed by atoms with Gasteiger partial charge in [-0.3, -0.25) is 0 Å². The van der Waals surface area contributed by atoms with E-state index < -0.39 is 0 Å². The van der Waals surface area contributed by atoms with Gasteiger partial charge in [0.1, 0.15) is 0 Å². The van der Waals surface area contributed by atoms with Gasteiger partial charge in [0, 0.05) is 16.1 Å². The fourth-order valence-corrected chi connectivity index (χ4v) is 2.72. The van der Waals surface area contributed by atoms with Crippen molar-refractivity contribution in [2.75, 3.05) is 7.05 Å². The van der Waals surface area contributed by atoms with E-state index in [2.05, 4.69) is 19.2 Å². The predicted molar refractivity (Wildman–Crippen MR) is 77.0 cm³/mol. The van der Waals surface area contributed by atoms with Crippen molar-refractivity contribution in [3.8, 4) is 0 Å². The maximum atomic E-state index is 6.26. The first kappa shape index (κ1) is 14.8. The molecule has 0 saturated heterocycles. The molecule has 0 spiro atoms. The van der Waals surface area contributed by atoms with Gasteiger partial charge in [0.2, 0.25) is 0 Å². The van der Waals surface area contributed by atoms with Crippen molar-refractivity contribution in [2.45, 2.75) is 39.2 Å². The van der Waals surface area contributed by atoms with Crippen LogP contribution in [-0.4, -0.2) is 7.05 Å². The van der Waals surface area contributed by atoms with Crippen molar-refractivity contribution in [1.29, 1.82) is 0 Å². The molecule has 0 bridgehead atoms. The Morgan fingerprint density at radius 2 is 2.00 bits per heavy atom. The SMILES string of the molecule is CCCCC(C)C(NC)c1ccc(Cl)cc1Cl. The lowest BCUT2D eigenvalue weighted by molar-refractivity contribution is 0.377. The van der Waals surface area contributed by atoms with Gasteiger partial charge in [-0.05, 0) is 37.1 Å². The lowest BCUT2D eigenvalue weighted by atomic mass is 9.90. The van der Waals surface area contributed by atoms with E-state index in [-0.39, 0.29) is 0 Å². The number of unbranched alkanes of at least 4 members (excludes halogenated alkanes) is 1. The van der Waals surface area contributed by atoms with Gasteiger partial charge in [0.05, 0.1) is 0 Å². The van der Waals surface area contributed by atoms with Gasteiger partial charge in [-0.15, -0.1) is 0 Å². The van der Waals surface area contributed by atoms with Crippen LogP contribution in [-0.2, 0) is 0 Å². The molecule has 96 valence electrons. The highest BCUT2D eigenvalue weighted by Gasteiger charge is 2.19. The molecule has 0 aliphatic rings. The molecule has 0 aliphatic heterocycles. The van der Waals surface area contributed by atoms with E-state index in [1.165, 1.54) is 19.3 Å². The van der Waals surface area contributed by atoms with Crippen LogP contribution in [0.2, 0.25) is 10.0 Å². The number of halogens is 2. The third-order valence-corrected chi connectivity index (χ3v) is 3.75. The van der Waals surface area contributed by atoms with Crippen LogP contribution in [0.5, 0.6) is 0 Å². The fraction of sp³-hybridized carbons (Fsp3) is 0.571. The molecule has 1 aromatic carbocycles. The summed E-state index contributed by atoms with van der Waals surface area (Å²) < 4.78 is 0. The third kappa shape index (κ3) is 4.17. The largest absolute Gasteiger partial charge is 0.313 e. The van der Waals surface area contributed by atoms with Gasteiger partial charge < -0.3 is 5.32 Å². The van der Waals surface area contributed by atoms with Crippen LogP contribution in [0.1, 0.15) is 44.7 Å². The molecule has 0 saturated carbocycles. The van der Waals surface area contributed by atoms with Crippen molar-refractivity contribution >= 4 is 23.2 Å². The number of hydrogen-bond acceptors (Lipinski definition) is 1. The van der Waals surface area contributed by atoms with Crippen LogP contribution in [0, 0.1) is 5.92 Å². The molecule has 0 heterocycles. The van der Waals surface area contributed by atoms with E-state index in [0.29, 0.717) is 17.0 Å². The molecule has 1 aromatic rings. The van der Waals surface area contributed by atoms with Crippen LogP contribution >= 0.6 is 23.2 Å². The zero-order valence-corrected chi connectivity index (χ0v) is 12.3. The summed E-state index contributed by atoms with van der Waals surface area (Å²) >= 11 is 12.2. The van der Waals surface area contributed by atoms with E-state index in [1.54, 1.807) is 0 Å². The van der Waals surface area contributed by atoms with Gasteiger partial charge in [-0.25, -0.2) is 0 Å². The summed E-state index contributed by atoms with van der Waals surface area (Å²) in [5, 5.41) is 4.80. The second-order valence-electron chi connectivity index (χ2n) is 4.55. The molecule has 2 unspecified atom stereocenters. The molecule has 0 aromatic heterocycles. The van der Waals surface area contributed by atoms with Crippen LogP contribution in [0.25, 0.3) is 0 Å². The zero-order valence-electron chi connectivity index (χ0n) is 10.8. The monoisotopic (exact) mass is 273 g/mol. The summed E-state index contributed by atoms with van der Waals surface area (Å²) in [6.07, 6.45) is 3.70. The smallest absolute Gasteiger partial charge is 0.0468 e. The Kier molecular flexibility index (Phi) is 6.32. The molecule has 0 aliphatic carbocycles. The molecular formula is C14H21Cl2N. The van der Waals surface area contributed by atoms with Gasteiger partial charge in [0.25, 0.3) is 0 Å². The molecule has 17 heavy (non-hydrogen) atoms. The predicted octanol–water partition coefficient (Wildman–Crippen LogP) is 5.08. The quantitative estimate of drug-likeness (QED) is 0.762. The zero-order chi connectivity index (χ0) is 12.8. The maximum Gasteiger partial charge on any atom is 0.0468 e. The van der Waals surface area contributed by atoms with E-state index >= 15 is 0 Å². The van der Waals surface area contributed by atoms with Crippen LogP contribution in [0.4, 0.5) is 0 Å². The van der Waals surface area contributed by atoms with Crippen LogP contribution < -0.4 is 5.32 Å². The van der Waals surface area contributed by atoms with E-state index in [4.69, 9.17) is 23.2 Å². The number of rotatable bonds is 6. The minimum Gasteiger partial charge on any atom is -0.313 e. The molecule has 1 N–H and O–H groups in total. The Morgan fingerprint density at radius 1 is 1.29 bits per heavy atom. The molecule has 1 rings (SSSR count). The van der Waals surface area contributed by atoms with E-state index in [1.807, 2.05) is 25.2 Å². The standard InChI is InChI=1S/C14H21Cl2N/c1-4-5-6-10(2)14(17-3)12-8-7-11(15)9-13(12)16/h7-10,14,17H,4-6H2,1-3H3. The summed E-state index contributed by atoms with van der Waals surface area (Å²) in [6.45, 7) is 4.48. The van der Waals surface area contributed by atoms with Crippen molar-refractivity contribution in [1.82, 2.24) is 5.32 Å². The Morgan fingerprint density at radius 3 is 2.53 bits per heavy atom. The van der Waals surface area contributed by atoms with Crippen molar-refractivity contribution in [3.05, 3.63) is 33.8 Å². The second-order valence-corrected chi connectivity index (χ2v) is 5.40. The Labute approximate surface area is 115 Å². The number of nitrogens with one attached hydrogen (secondary N) is 1. The first-order chi connectivity index (χ1) is 8.10. The maximum absolute atomic E-state index is 6.26. The van der Waals surface area contributed by atoms with Gasteiger partial charge >= 0.3 is 0 Å². The van der Waals surface area contributed by atoms with E-state index in [9.17, 15) is 0 Å². The molecular weight excluding hydrogens is 253 g/mol. The Balaban J connectivity index is 2.85. The van der Waals surface area contributed by atoms with E-state index in [0.717, 1.165) is 10.6 Å². The summed E-state index contributed by atoms with van der Waals surface area (Å²) in [5.41, 5.74) is 1.14. The lowest BCUT2D eigenvalue weighted by Crippen LogP contribution is -2.23. The number of hydrogen-bond donors (Lipinski definition) is 1. The molecule has 0 radical (unpaired) electrons. The van der Waals surface area contributed by atoms with Crippen LogP contribution in [0.3, 0.4) is 0 Å². The molecule has 3 heteroatoms. The fourth-order valence-electron chi connectivity index (χ4n) is 2.19. The first-order valence-electron chi connectivity index (χ1n) is 6.22. The summed E-state index contributed by atoms with van der Waals surface area (Å²) in [6, 6.07) is 6.04. The lowest BCUT2D eigenvalue weighted by Gasteiger charge is -2.25. The van der Waals surface area contributed by atoms with Crippen molar-refractivity contribution in [3.63, 3.8) is 0 Å². The summed E-state index contributed by atoms with van der Waals surface area (Å²) in [4.78, 5) is 0. The average Bonchev–Trinajstić information content (AvgIpc) is 2.30. The minimum atomic E-state index is 0.298. The summed E-state index contributed by atoms with van der Waals surface area (Å²) in [5.74, 6) is 0.568. The normalized spacial score (nSPS) is 14.6. The highest BCUT2D eigenvalue weighted by Crippen LogP contribution is 2.32. The topological polar surface area (TPSA) is 12.0 Å². The second kappa shape index (κ2) is 7.25. The third-order valence-electron chi connectivity index (χ3n) is 3.19. The van der Waals surface area contributed by atoms with Gasteiger partial charge in [-0.1, -0.05) is 56.0 Å². The highest BCUT2D eigenvalue weighted by atomic mass is 35.5. The molecule has 2 atom stereocenters. The highest BCUT2D eigenvalue weighted by molar-refractivity contribution is 6.35. The first-order valence-corrected chi connectivity index (χ1v) is 6.98. The molecule has 0 fully saturated rings. The Bertz CT molecular complexity index is 352. The van der Waals surface area contributed by atoms with Crippen molar-refractivity contribution < 1.29 is 0 Å². The average molecular weight is 274 g/mol. The van der Waals surface area contributed by atoms with Crippen LogP contribution in [0.15, 0.2) is 18.2 Å². The minimum absolute atomic E-state index is 0.298. The van der Waals surface area contributed by atoms with Gasteiger partial charge in [0.15, 0.2) is 0 Å². The number of benzene rings is 1. The Hall–Kier alpha value is -0.240. The van der Waals surface area contributed by atoms with Crippen molar-refractivity contribution in [2.24, 2.45) is 5.92 Å². The molecule has 1 nitrogen and oxygen atoms in total. The van der Waals surface area contributed by atoms with Gasteiger partial charge in [-0.2, -0.15) is 0 Å². The molecule has 0 amide bonds. The summed E-state index contributed by atoms with van der Waals surface area (Å²) in [7, 11) is 1.98.